The molecule has 0 fully saturated rings. The van der Waals surface area contributed by atoms with Crippen molar-refractivity contribution < 1.29 is 9.13 Å². The highest BCUT2D eigenvalue weighted by Crippen LogP contribution is 2.38. The number of nitrogens with one attached hydrogen (secondary N) is 1. The third-order valence-corrected chi connectivity index (χ3v) is 5.57. The number of benzene rings is 1. The van der Waals surface area contributed by atoms with Crippen LogP contribution < -0.4 is 15.8 Å². The molecule has 4 nitrogen and oxygen atoms in total. The van der Waals surface area contributed by atoms with Gasteiger partial charge in [-0.25, -0.2) is 4.39 Å². The van der Waals surface area contributed by atoms with Crippen molar-refractivity contribution in [1.29, 1.82) is 0 Å². The van der Waals surface area contributed by atoms with Crippen molar-refractivity contribution in [2.45, 2.75) is 26.5 Å². The van der Waals surface area contributed by atoms with Crippen LogP contribution in [-0.2, 0) is 6.54 Å². The van der Waals surface area contributed by atoms with E-state index in [1.807, 2.05) is 17.8 Å². The van der Waals surface area contributed by atoms with Gasteiger partial charge in [-0.3, -0.25) is 0 Å². The number of hydrogen-bond acceptors (Lipinski definition) is 5. The van der Waals surface area contributed by atoms with Crippen LogP contribution in [0.1, 0.15) is 24.3 Å². The Kier molecular flexibility index (Phi) is 5.12. The molecule has 0 saturated heterocycles. The summed E-state index contributed by atoms with van der Waals surface area (Å²) in [4.78, 5) is 1.26. The summed E-state index contributed by atoms with van der Waals surface area (Å²) in [5.41, 5.74) is 9.53. The maximum Gasteiger partial charge on any atom is 0.146 e. The summed E-state index contributed by atoms with van der Waals surface area (Å²) in [5.74, 6) is 0.115. The Morgan fingerprint density at radius 2 is 2.25 bits per heavy atom. The van der Waals surface area contributed by atoms with E-state index in [-0.39, 0.29) is 11.9 Å². The van der Waals surface area contributed by atoms with Crippen molar-refractivity contribution >= 4 is 38.9 Å². The summed E-state index contributed by atoms with van der Waals surface area (Å²) in [6.07, 6.45) is -0.196. The molecule has 0 aliphatic carbocycles. The molecule has 2 heterocycles. The highest BCUT2D eigenvalue weighted by atomic mass is 79.9. The Hall–Kier alpha value is -1.57. The predicted octanol–water partition coefficient (Wildman–Crippen LogP) is 4.54. The van der Waals surface area contributed by atoms with E-state index in [1.165, 1.54) is 17.0 Å². The fourth-order valence-corrected chi connectivity index (χ4v) is 3.96. The van der Waals surface area contributed by atoms with E-state index in [0.717, 1.165) is 23.5 Å². The summed E-state index contributed by atoms with van der Waals surface area (Å²) in [6.45, 7) is 5.07. The number of thiophene rings is 1. The second-order valence-corrected chi connectivity index (χ2v) is 7.52. The average Bonchev–Trinajstić information content (AvgIpc) is 3.01. The van der Waals surface area contributed by atoms with E-state index >= 15 is 0 Å². The summed E-state index contributed by atoms with van der Waals surface area (Å²) >= 11 is 5.29. The zero-order chi connectivity index (χ0) is 17.3. The minimum atomic E-state index is -0.340. The molecule has 0 amide bonds. The summed E-state index contributed by atoms with van der Waals surface area (Å²) in [6, 6.07) is 6.58. The lowest BCUT2D eigenvalue weighted by Crippen LogP contribution is -2.23. The first-order valence-corrected chi connectivity index (χ1v) is 9.22. The van der Waals surface area contributed by atoms with Gasteiger partial charge in [-0.15, -0.1) is 11.3 Å². The largest absolute Gasteiger partial charge is 0.487 e. The number of nitrogens with two attached hydrogens (primary N) is 1. The van der Waals surface area contributed by atoms with Crippen LogP contribution in [0.5, 0.6) is 5.75 Å². The lowest BCUT2D eigenvalue weighted by molar-refractivity contribution is 0.230. The molecule has 1 atom stereocenters. The monoisotopic (exact) mass is 411 g/mol. The second-order valence-electron chi connectivity index (χ2n) is 5.67. The first-order valence-electron chi connectivity index (χ1n) is 7.63. The number of ether oxygens (including phenoxy) is 1. The number of allylic oxidation sites excluding steroid dienone is 1. The normalized spacial score (nSPS) is 15.3. The second kappa shape index (κ2) is 7.13. The standard InChI is InChI=1S/C17H19BrFN3OS/c1-10(8-20)23-15-7-12(19)3-4-14(15)21-17-11(2)22(18)9-16-13(17)5-6-24-16/h3-7,10,21H,8-9,20H2,1-2H3. The van der Waals surface area contributed by atoms with Crippen LogP contribution >= 0.6 is 27.5 Å². The van der Waals surface area contributed by atoms with Crippen LogP contribution in [-0.4, -0.2) is 16.6 Å². The fourth-order valence-electron chi connectivity index (χ4n) is 2.50. The van der Waals surface area contributed by atoms with E-state index in [9.17, 15) is 4.39 Å². The molecular weight excluding hydrogens is 393 g/mol. The minimum absolute atomic E-state index is 0.196. The van der Waals surface area contributed by atoms with E-state index in [4.69, 9.17) is 10.5 Å². The zero-order valence-corrected chi connectivity index (χ0v) is 15.9. The Balaban J connectivity index is 1.97. The van der Waals surface area contributed by atoms with Gasteiger partial charge in [0.05, 0.1) is 17.9 Å². The number of nitrogens with zero attached hydrogens (tertiary/aromatic N) is 1. The highest BCUT2D eigenvalue weighted by Gasteiger charge is 2.23. The SMILES string of the molecule is CC1=C(Nc2ccc(F)cc2OC(C)CN)c2ccsc2CN1Br. The van der Waals surface area contributed by atoms with Crippen molar-refractivity contribution in [3.8, 4) is 5.75 Å². The summed E-state index contributed by atoms with van der Waals surface area (Å²) in [7, 11) is 0. The molecule has 7 heteroatoms. The molecule has 128 valence electrons. The van der Waals surface area contributed by atoms with Crippen molar-refractivity contribution in [3.05, 3.63) is 51.6 Å². The third-order valence-electron chi connectivity index (χ3n) is 3.89. The van der Waals surface area contributed by atoms with Gasteiger partial charge in [0, 0.05) is 44.9 Å². The molecule has 1 aromatic heterocycles. The maximum atomic E-state index is 13.6. The maximum absolute atomic E-state index is 13.6. The molecule has 1 aliphatic rings. The van der Waals surface area contributed by atoms with Gasteiger partial charge in [0.15, 0.2) is 0 Å². The molecule has 0 spiro atoms. The van der Waals surface area contributed by atoms with Gasteiger partial charge >= 0.3 is 0 Å². The summed E-state index contributed by atoms with van der Waals surface area (Å²) < 4.78 is 21.4. The van der Waals surface area contributed by atoms with Gasteiger partial charge < -0.3 is 19.7 Å². The van der Waals surface area contributed by atoms with Crippen molar-refractivity contribution in [2.75, 3.05) is 11.9 Å². The molecule has 0 radical (unpaired) electrons. The van der Waals surface area contributed by atoms with Gasteiger partial charge in [0.25, 0.3) is 0 Å². The Labute approximate surface area is 153 Å². The molecule has 0 bridgehead atoms. The third kappa shape index (κ3) is 3.43. The van der Waals surface area contributed by atoms with Gasteiger partial charge in [-0.2, -0.15) is 0 Å². The molecule has 2 aromatic rings. The fraction of sp³-hybridized carbons (Fsp3) is 0.294. The van der Waals surface area contributed by atoms with Gasteiger partial charge in [-0.1, -0.05) is 0 Å². The van der Waals surface area contributed by atoms with Crippen LogP contribution in [0.4, 0.5) is 10.1 Å². The first-order chi connectivity index (χ1) is 11.5. The molecule has 1 unspecified atom stereocenters. The van der Waals surface area contributed by atoms with Crippen LogP contribution in [0.25, 0.3) is 5.70 Å². The Bertz CT molecular complexity index is 777. The molecular formula is C17H19BrFN3OS. The molecule has 1 aliphatic heterocycles. The van der Waals surface area contributed by atoms with E-state index in [2.05, 4.69) is 32.9 Å². The van der Waals surface area contributed by atoms with E-state index in [1.54, 1.807) is 17.4 Å². The van der Waals surface area contributed by atoms with Crippen LogP contribution in [0.2, 0.25) is 0 Å². The van der Waals surface area contributed by atoms with Crippen LogP contribution in [0.15, 0.2) is 35.3 Å². The van der Waals surface area contributed by atoms with Crippen molar-refractivity contribution in [3.63, 3.8) is 0 Å². The highest BCUT2D eigenvalue weighted by molar-refractivity contribution is 9.07. The lowest BCUT2D eigenvalue weighted by atomic mass is 10.1. The smallest absolute Gasteiger partial charge is 0.146 e. The predicted molar refractivity (Wildman–Crippen MR) is 101 cm³/mol. The van der Waals surface area contributed by atoms with E-state index < -0.39 is 0 Å². The number of fused-ring (bicyclic) bond motifs is 1. The molecule has 1 aromatic carbocycles. The van der Waals surface area contributed by atoms with Crippen molar-refractivity contribution in [1.82, 2.24) is 3.93 Å². The number of rotatable bonds is 5. The Morgan fingerprint density at radius 3 is 3.00 bits per heavy atom. The topological polar surface area (TPSA) is 50.5 Å². The number of anilines is 1. The van der Waals surface area contributed by atoms with Gasteiger partial charge in [0.2, 0.25) is 0 Å². The number of hydrogen-bond donors (Lipinski definition) is 2. The van der Waals surface area contributed by atoms with Crippen LogP contribution in [0.3, 0.4) is 0 Å². The van der Waals surface area contributed by atoms with Gasteiger partial charge in [-0.05, 0) is 37.4 Å². The molecule has 0 saturated carbocycles. The average molecular weight is 412 g/mol. The van der Waals surface area contributed by atoms with Crippen LogP contribution in [0, 0.1) is 5.82 Å². The van der Waals surface area contributed by atoms with E-state index in [0.29, 0.717) is 18.0 Å². The molecule has 3 rings (SSSR count). The quantitative estimate of drug-likeness (QED) is 0.709. The lowest BCUT2D eigenvalue weighted by Gasteiger charge is -2.28. The Morgan fingerprint density at radius 1 is 1.46 bits per heavy atom. The first kappa shape index (κ1) is 17.3. The molecule has 3 N–H and O–H groups in total. The number of halogens is 2. The molecule has 24 heavy (non-hydrogen) atoms. The summed E-state index contributed by atoms with van der Waals surface area (Å²) in [5, 5.41) is 5.48. The van der Waals surface area contributed by atoms with Gasteiger partial charge in [0.1, 0.15) is 17.7 Å². The zero-order valence-electron chi connectivity index (χ0n) is 13.5. The minimum Gasteiger partial charge on any atom is -0.487 e. The van der Waals surface area contributed by atoms with Crippen molar-refractivity contribution in [2.24, 2.45) is 5.73 Å².